The summed E-state index contributed by atoms with van der Waals surface area (Å²) < 4.78 is 29.8. The number of hydrogen-bond donors (Lipinski definition) is 1. The summed E-state index contributed by atoms with van der Waals surface area (Å²) in [5.74, 6) is 0.866. The van der Waals surface area contributed by atoms with Crippen LogP contribution in [-0.4, -0.2) is 54.8 Å². The zero-order chi connectivity index (χ0) is 25.3. The van der Waals surface area contributed by atoms with Crippen molar-refractivity contribution in [1.82, 2.24) is 18.9 Å². The van der Waals surface area contributed by atoms with E-state index >= 15 is 0 Å². The van der Waals surface area contributed by atoms with E-state index in [9.17, 15) is 8.42 Å². The van der Waals surface area contributed by atoms with Gasteiger partial charge in [-0.1, -0.05) is 48.9 Å². The molecule has 1 saturated heterocycles. The number of piperidine rings is 1. The van der Waals surface area contributed by atoms with Crippen molar-refractivity contribution in [3.63, 3.8) is 0 Å². The van der Waals surface area contributed by atoms with Crippen LogP contribution in [0.1, 0.15) is 25.3 Å². The Morgan fingerprint density at radius 1 is 1.17 bits per heavy atom. The average molecular weight is 520 g/mol. The maximum atomic E-state index is 13.3. The lowest BCUT2D eigenvalue weighted by Gasteiger charge is -2.32. The normalized spacial score (nSPS) is 16.9. The maximum Gasteiger partial charge on any atom is 0.243 e. The van der Waals surface area contributed by atoms with Crippen LogP contribution < -0.4 is 10.8 Å². The molecule has 2 aromatic heterocycles. The second-order valence-electron chi connectivity index (χ2n) is 9.09. The van der Waals surface area contributed by atoms with Gasteiger partial charge in [0.1, 0.15) is 13.7 Å². The Morgan fingerprint density at radius 2 is 1.94 bits per heavy atom. The predicted octanol–water partition coefficient (Wildman–Crippen LogP) is 3.92. The Bertz CT molecular complexity index is 1490. The predicted molar refractivity (Wildman–Crippen MR) is 145 cm³/mol. The highest BCUT2D eigenvalue weighted by Crippen LogP contribution is 2.29. The highest BCUT2D eigenvalue weighted by molar-refractivity contribution is 7.89. The lowest BCUT2D eigenvalue weighted by atomic mass is 9.99. The molecule has 5 rings (SSSR count). The Labute approximate surface area is 218 Å². The van der Waals surface area contributed by atoms with E-state index in [1.807, 2.05) is 42.5 Å². The van der Waals surface area contributed by atoms with E-state index in [4.69, 9.17) is 19.4 Å². The Morgan fingerprint density at radius 3 is 2.69 bits per heavy atom. The molecule has 4 aromatic rings. The van der Waals surface area contributed by atoms with Crippen molar-refractivity contribution < 1.29 is 8.42 Å². The molecule has 3 heterocycles. The summed E-state index contributed by atoms with van der Waals surface area (Å²) in [5, 5.41) is 8.44. The highest BCUT2D eigenvalue weighted by Gasteiger charge is 2.30. The minimum absolute atomic E-state index is 0.142. The monoisotopic (exact) mass is 519 g/mol. The van der Waals surface area contributed by atoms with E-state index in [-0.39, 0.29) is 5.92 Å². The molecule has 1 aliphatic rings. The number of aryl methyl sites for hydroxylation is 1. The van der Waals surface area contributed by atoms with E-state index in [0.29, 0.717) is 46.4 Å². The van der Waals surface area contributed by atoms with Crippen LogP contribution in [0.2, 0.25) is 5.02 Å². The molecule has 2 radical (unpaired) electrons. The topological polar surface area (TPSA) is 79.6 Å². The molecule has 36 heavy (non-hydrogen) atoms. The molecular formula is C26H27BClN5O2S. The highest BCUT2D eigenvalue weighted by atomic mass is 35.5. The van der Waals surface area contributed by atoms with Crippen molar-refractivity contribution >= 4 is 46.4 Å². The lowest BCUT2D eigenvalue weighted by Crippen LogP contribution is -2.41. The van der Waals surface area contributed by atoms with Gasteiger partial charge in [0, 0.05) is 42.5 Å². The molecule has 0 amide bonds. The minimum Gasteiger partial charge on any atom is -0.370 e. The third-order valence-electron chi connectivity index (χ3n) is 6.67. The number of hydrogen-bond acceptors (Lipinski definition) is 5. The van der Waals surface area contributed by atoms with Gasteiger partial charge in [0.2, 0.25) is 10.0 Å². The maximum absolute atomic E-state index is 13.3. The molecule has 0 bridgehead atoms. The minimum atomic E-state index is -3.53. The molecule has 10 heteroatoms. The van der Waals surface area contributed by atoms with Gasteiger partial charge in [-0.15, -0.1) is 0 Å². The van der Waals surface area contributed by atoms with Gasteiger partial charge in [0.05, 0.1) is 10.6 Å². The van der Waals surface area contributed by atoms with E-state index in [1.165, 1.54) is 0 Å². The lowest BCUT2D eigenvalue weighted by molar-refractivity contribution is 0.275. The average Bonchev–Trinajstić information content (AvgIpc) is 3.28. The molecule has 2 aromatic carbocycles. The fraction of sp³-hybridized carbons (Fsp3) is 0.308. The van der Waals surface area contributed by atoms with Gasteiger partial charge in [0.15, 0.2) is 5.65 Å². The molecule has 7 nitrogen and oxygen atoms in total. The van der Waals surface area contributed by atoms with Crippen molar-refractivity contribution in [3.05, 3.63) is 71.4 Å². The summed E-state index contributed by atoms with van der Waals surface area (Å²) in [7, 11) is 2.59. The summed E-state index contributed by atoms with van der Waals surface area (Å²) in [4.78, 5) is 5.02. The van der Waals surface area contributed by atoms with Crippen LogP contribution in [-0.2, 0) is 16.4 Å². The first kappa shape index (κ1) is 24.8. The summed E-state index contributed by atoms with van der Waals surface area (Å²) >= 11 is 6.42. The Hall–Kier alpha value is -2.88. The van der Waals surface area contributed by atoms with Crippen molar-refractivity contribution in [3.8, 4) is 11.3 Å². The van der Waals surface area contributed by atoms with Crippen molar-refractivity contribution in [2.45, 2.75) is 31.1 Å². The third-order valence-corrected chi connectivity index (χ3v) is 8.88. The first-order chi connectivity index (χ1) is 17.4. The van der Waals surface area contributed by atoms with Crippen LogP contribution in [0.15, 0.2) is 65.7 Å². The van der Waals surface area contributed by atoms with Crippen LogP contribution in [0, 0.1) is 5.92 Å². The largest absolute Gasteiger partial charge is 0.370 e. The molecule has 0 saturated carbocycles. The van der Waals surface area contributed by atoms with Crippen LogP contribution in [0.4, 0.5) is 5.82 Å². The van der Waals surface area contributed by atoms with Gasteiger partial charge in [-0.25, -0.2) is 13.4 Å². The number of benzene rings is 2. The van der Waals surface area contributed by atoms with Crippen LogP contribution in [0.5, 0.6) is 0 Å². The molecule has 1 N–H and O–H groups in total. The number of nitrogens with one attached hydrogen (secondary N) is 1. The first-order valence-electron chi connectivity index (χ1n) is 12.1. The van der Waals surface area contributed by atoms with E-state index in [2.05, 4.69) is 22.3 Å². The second-order valence-corrected chi connectivity index (χ2v) is 11.4. The molecule has 1 atom stereocenters. The van der Waals surface area contributed by atoms with Crippen molar-refractivity contribution in [1.29, 1.82) is 0 Å². The summed E-state index contributed by atoms with van der Waals surface area (Å²) in [5.41, 5.74) is 3.61. The number of halogens is 1. The van der Waals surface area contributed by atoms with Crippen LogP contribution in [0.3, 0.4) is 0 Å². The number of aromatic nitrogens is 3. The molecule has 184 valence electrons. The Balaban J connectivity index is 1.36. The molecule has 1 fully saturated rings. The summed E-state index contributed by atoms with van der Waals surface area (Å²) in [6.45, 7) is 3.62. The second kappa shape index (κ2) is 10.2. The zero-order valence-corrected chi connectivity index (χ0v) is 21.6. The van der Waals surface area contributed by atoms with Crippen molar-refractivity contribution in [2.24, 2.45) is 5.92 Å². The molecule has 1 aliphatic heterocycles. The van der Waals surface area contributed by atoms with Gasteiger partial charge in [0.25, 0.3) is 0 Å². The molecule has 0 aliphatic carbocycles. The molecule has 0 spiro atoms. The quantitative estimate of drug-likeness (QED) is 0.374. The number of sulfonamides is 1. The SMILES string of the molecule is [B]c1cnn2c(NCC3CCCN(S(=O)(=O)c4ccc(CC)cc4)C3)cc(-c3ccccc3Cl)nc12. The summed E-state index contributed by atoms with van der Waals surface area (Å²) in [6, 6.07) is 16.6. The first-order valence-corrected chi connectivity index (χ1v) is 13.9. The van der Waals surface area contributed by atoms with E-state index in [0.717, 1.165) is 36.2 Å². The molecular weight excluding hydrogens is 493 g/mol. The van der Waals surface area contributed by atoms with Crippen LogP contribution >= 0.6 is 11.6 Å². The fourth-order valence-electron chi connectivity index (χ4n) is 4.62. The van der Waals surface area contributed by atoms with E-state index in [1.54, 1.807) is 27.2 Å². The van der Waals surface area contributed by atoms with Gasteiger partial charge in [-0.2, -0.15) is 13.9 Å². The zero-order valence-electron chi connectivity index (χ0n) is 20.1. The third kappa shape index (κ3) is 4.87. The summed E-state index contributed by atoms with van der Waals surface area (Å²) in [6.07, 6.45) is 4.19. The smallest absolute Gasteiger partial charge is 0.243 e. The fourth-order valence-corrected chi connectivity index (χ4v) is 6.41. The van der Waals surface area contributed by atoms with Gasteiger partial charge >= 0.3 is 0 Å². The van der Waals surface area contributed by atoms with Gasteiger partial charge in [-0.05, 0) is 54.4 Å². The van der Waals surface area contributed by atoms with E-state index < -0.39 is 10.0 Å². The van der Waals surface area contributed by atoms with Crippen molar-refractivity contribution in [2.75, 3.05) is 25.0 Å². The number of rotatable bonds is 7. The Kier molecular flexibility index (Phi) is 7.06. The van der Waals surface area contributed by atoms with Gasteiger partial charge < -0.3 is 5.32 Å². The van der Waals surface area contributed by atoms with Crippen LogP contribution in [0.25, 0.3) is 16.9 Å². The number of nitrogens with zero attached hydrogens (tertiary/aromatic N) is 4. The standard InChI is InChI=1S/C26H27BClN5O2S/c1-2-18-9-11-20(12-10-18)36(34,35)32-13-5-6-19(17-32)15-29-25-14-24(21-7-3-4-8-23(21)28)31-26-22(27)16-30-33(25)26/h3-4,7-12,14,16,19,29H,2,5-6,13,15,17H2,1H3. The molecule has 1 unspecified atom stereocenters. The number of fused-ring (bicyclic) bond motifs is 1. The number of anilines is 1. The van der Waals surface area contributed by atoms with Gasteiger partial charge in [-0.3, -0.25) is 0 Å².